The summed E-state index contributed by atoms with van der Waals surface area (Å²) in [4.78, 5) is 12.4. The molecular weight excluding hydrogens is 663 g/mol. The minimum Gasteiger partial charge on any atom is -0.394 e. The van der Waals surface area contributed by atoms with Gasteiger partial charge in [-0.2, -0.15) is 0 Å². The summed E-state index contributed by atoms with van der Waals surface area (Å²) < 4.78 is 0. The Labute approximate surface area is 338 Å². The summed E-state index contributed by atoms with van der Waals surface area (Å²) in [5.74, 6) is -0.0705. The third-order valence-corrected chi connectivity index (χ3v) is 11.1. The standard InChI is InChI=1S/C50H95NO3/c1-3-5-7-9-11-13-15-17-19-21-22-23-24-25-26-27-28-30-31-33-35-37-39-41-43-45-49(53)48(47-52)51-50(54)46-44-42-40-38-36-34-32-29-20-18-16-14-12-10-8-6-4-2/h12,14,18,20,43,45,48-49,52-53H,3-11,13,15-17,19,21-42,44,46-47H2,1-2H3,(H,51,54)/b14-12-,20-18-,45-43+. The summed E-state index contributed by atoms with van der Waals surface area (Å²) >= 11 is 0. The van der Waals surface area contributed by atoms with Gasteiger partial charge in [-0.05, 0) is 51.4 Å². The highest BCUT2D eigenvalue weighted by atomic mass is 16.3. The van der Waals surface area contributed by atoms with Gasteiger partial charge in [0.25, 0.3) is 0 Å². The normalized spacial score (nSPS) is 13.2. The lowest BCUT2D eigenvalue weighted by molar-refractivity contribution is -0.123. The largest absolute Gasteiger partial charge is 0.394 e. The van der Waals surface area contributed by atoms with Gasteiger partial charge >= 0.3 is 0 Å². The molecule has 0 heterocycles. The van der Waals surface area contributed by atoms with Crippen LogP contribution in [0.3, 0.4) is 0 Å². The van der Waals surface area contributed by atoms with Gasteiger partial charge in [0, 0.05) is 6.42 Å². The van der Waals surface area contributed by atoms with Crippen LogP contribution in [0.5, 0.6) is 0 Å². The summed E-state index contributed by atoms with van der Waals surface area (Å²) in [5.41, 5.74) is 0. The topological polar surface area (TPSA) is 69.6 Å². The van der Waals surface area contributed by atoms with Crippen LogP contribution in [-0.4, -0.2) is 34.9 Å². The van der Waals surface area contributed by atoms with Crippen molar-refractivity contribution >= 4 is 5.91 Å². The third-order valence-electron chi connectivity index (χ3n) is 11.1. The van der Waals surface area contributed by atoms with Crippen molar-refractivity contribution in [1.29, 1.82) is 0 Å². The van der Waals surface area contributed by atoms with Crippen molar-refractivity contribution in [2.24, 2.45) is 0 Å². The maximum absolute atomic E-state index is 12.4. The highest BCUT2D eigenvalue weighted by molar-refractivity contribution is 5.76. The molecule has 0 saturated heterocycles. The minimum atomic E-state index is -0.842. The molecule has 4 nitrogen and oxygen atoms in total. The van der Waals surface area contributed by atoms with E-state index < -0.39 is 12.1 Å². The number of nitrogens with one attached hydrogen (secondary N) is 1. The first-order chi connectivity index (χ1) is 26.7. The Morgan fingerprint density at radius 1 is 0.444 bits per heavy atom. The van der Waals surface area contributed by atoms with Crippen LogP contribution in [0.1, 0.15) is 258 Å². The average Bonchev–Trinajstić information content (AvgIpc) is 3.18. The lowest BCUT2D eigenvalue weighted by Crippen LogP contribution is -2.45. The van der Waals surface area contributed by atoms with Gasteiger partial charge in [-0.3, -0.25) is 4.79 Å². The number of rotatable bonds is 44. The van der Waals surface area contributed by atoms with Crippen LogP contribution in [0.15, 0.2) is 36.5 Å². The molecule has 0 aromatic carbocycles. The fourth-order valence-electron chi connectivity index (χ4n) is 7.39. The Morgan fingerprint density at radius 3 is 1.15 bits per heavy atom. The van der Waals surface area contributed by atoms with E-state index in [9.17, 15) is 15.0 Å². The maximum Gasteiger partial charge on any atom is 0.220 e. The molecule has 0 radical (unpaired) electrons. The molecule has 2 unspecified atom stereocenters. The van der Waals surface area contributed by atoms with Gasteiger partial charge in [0.15, 0.2) is 0 Å². The number of aliphatic hydroxyl groups excluding tert-OH is 2. The minimum absolute atomic E-state index is 0.0705. The molecule has 0 bridgehead atoms. The zero-order chi connectivity index (χ0) is 39.3. The van der Waals surface area contributed by atoms with Crippen molar-refractivity contribution in [3.05, 3.63) is 36.5 Å². The quantitative estimate of drug-likeness (QED) is 0.0428. The summed E-state index contributed by atoms with van der Waals surface area (Å²) in [6.45, 7) is 4.30. The number of carbonyl (C=O) groups is 1. The molecule has 1 amide bonds. The second-order valence-corrected chi connectivity index (χ2v) is 16.5. The van der Waals surface area contributed by atoms with Crippen LogP contribution in [0.2, 0.25) is 0 Å². The fourth-order valence-corrected chi connectivity index (χ4v) is 7.39. The Morgan fingerprint density at radius 2 is 0.759 bits per heavy atom. The molecule has 0 saturated carbocycles. The molecule has 318 valence electrons. The molecule has 0 aliphatic carbocycles. The van der Waals surface area contributed by atoms with E-state index in [1.165, 1.54) is 205 Å². The molecule has 0 aliphatic rings. The smallest absolute Gasteiger partial charge is 0.220 e. The first kappa shape index (κ1) is 52.6. The summed E-state index contributed by atoms with van der Waals surface area (Å²) in [6.07, 6.45) is 61.3. The maximum atomic E-state index is 12.4. The van der Waals surface area contributed by atoms with Crippen LogP contribution in [0.4, 0.5) is 0 Å². The highest BCUT2D eigenvalue weighted by Gasteiger charge is 2.17. The molecule has 3 N–H and O–H groups in total. The number of aliphatic hydroxyl groups is 2. The zero-order valence-corrected chi connectivity index (χ0v) is 36.5. The predicted octanol–water partition coefficient (Wildman–Crippen LogP) is 15.4. The predicted molar refractivity (Wildman–Crippen MR) is 239 cm³/mol. The van der Waals surface area contributed by atoms with Gasteiger partial charge in [-0.1, -0.05) is 237 Å². The van der Waals surface area contributed by atoms with Crippen LogP contribution in [-0.2, 0) is 4.79 Å². The van der Waals surface area contributed by atoms with Crippen LogP contribution >= 0.6 is 0 Å². The molecule has 54 heavy (non-hydrogen) atoms. The van der Waals surface area contributed by atoms with Crippen molar-refractivity contribution in [2.45, 2.75) is 270 Å². The van der Waals surface area contributed by atoms with Crippen LogP contribution in [0, 0.1) is 0 Å². The number of amides is 1. The van der Waals surface area contributed by atoms with Crippen LogP contribution < -0.4 is 5.32 Å². The van der Waals surface area contributed by atoms with Gasteiger partial charge in [-0.15, -0.1) is 0 Å². The van der Waals surface area contributed by atoms with E-state index in [0.717, 1.165) is 32.1 Å². The lowest BCUT2D eigenvalue weighted by atomic mass is 10.0. The van der Waals surface area contributed by atoms with Crippen molar-refractivity contribution in [3.63, 3.8) is 0 Å². The number of hydrogen-bond acceptors (Lipinski definition) is 3. The van der Waals surface area contributed by atoms with E-state index >= 15 is 0 Å². The number of allylic oxidation sites excluding steroid dienone is 5. The Hall–Kier alpha value is -1.39. The number of unbranched alkanes of at least 4 members (excludes halogenated alkanes) is 33. The lowest BCUT2D eigenvalue weighted by Gasteiger charge is -2.20. The van der Waals surface area contributed by atoms with E-state index in [1.807, 2.05) is 6.08 Å². The molecular formula is C50H95NO3. The second-order valence-electron chi connectivity index (χ2n) is 16.5. The van der Waals surface area contributed by atoms with E-state index in [-0.39, 0.29) is 12.5 Å². The Bertz CT molecular complexity index is 821. The van der Waals surface area contributed by atoms with Crippen molar-refractivity contribution in [3.8, 4) is 0 Å². The van der Waals surface area contributed by atoms with Crippen molar-refractivity contribution in [2.75, 3.05) is 6.61 Å². The molecule has 4 heteroatoms. The molecule has 0 rings (SSSR count). The van der Waals surface area contributed by atoms with E-state index in [0.29, 0.717) is 6.42 Å². The number of hydrogen-bond donors (Lipinski definition) is 3. The van der Waals surface area contributed by atoms with Gasteiger partial charge in [0.2, 0.25) is 5.91 Å². The van der Waals surface area contributed by atoms with E-state index in [2.05, 4.69) is 43.5 Å². The Balaban J connectivity index is 3.52. The summed E-state index contributed by atoms with van der Waals surface area (Å²) in [7, 11) is 0. The molecule has 0 aromatic heterocycles. The molecule has 0 aromatic rings. The second kappa shape index (κ2) is 46.0. The van der Waals surface area contributed by atoms with Gasteiger partial charge in [0.1, 0.15) is 0 Å². The summed E-state index contributed by atoms with van der Waals surface area (Å²) in [6, 6.07) is -0.626. The van der Waals surface area contributed by atoms with E-state index in [1.54, 1.807) is 6.08 Å². The molecule has 0 spiro atoms. The first-order valence-electron chi connectivity index (χ1n) is 24.2. The van der Waals surface area contributed by atoms with E-state index in [4.69, 9.17) is 0 Å². The zero-order valence-electron chi connectivity index (χ0n) is 36.5. The molecule has 0 aliphatic heterocycles. The van der Waals surface area contributed by atoms with Gasteiger partial charge < -0.3 is 15.5 Å². The fraction of sp³-hybridized carbons (Fsp3) is 0.860. The van der Waals surface area contributed by atoms with Gasteiger partial charge in [0.05, 0.1) is 18.8 Å². The third kappa shape index (κ3) is 41.8. The monoisotopic (exact) mass is 758 g/mol. The van der Waals surface area contributed by atoms with Gasteiger partial charge in [-0.25, -0.2) is 0 Å². The SMILES string of the molecule is CCCCC/C=C\C/C=C\CCCCCCCCCC(=O)NC(CO)C(O)/C=C/CCCCCCCCCCCCCCCCCCCCCCCCC. The van der Waals surface area contributed by atoms with Crippen molar-refractivity contribution in [1.82, 2.24) is 5.32 Å². The number of carbonyl (C=O) groups excluding carboxylic acids is 1. The Kier molecular flexibility index (Phi) is 44.8. The van der Waals surface area contributed by atoms with Crippen LogP contribution in [0.25, 0.3) is 0 Å². The molecule has 2 atom stereocenters. The average molecular weight is 758 g/mol. The highest BCUT2D eigenvalue weighted by Crippen LogP contribution is 2.16. The van der Waals surface area contributed by atoms with Crippen molar-refractivity contribution < 1.29 is 15.0 Å². The first-order valence-corrected chi connectivity index (χ1v) is 24.2. The molecule has 0 fully saturated rings. The summed E-state index contributed by atoms with van der Waals surface area (Å²) in [5, 5.41) is 23.1.